The number of rotatable bonds is 4. The fourth-order valence-electron chi connectivity index (χ4n) is 1.69. The number of amides is 1. The second kappa shape index (κ2) is 4.64. The zero-order valence-electron chi connectivity index (χ0n) is 11.2. The highest BCUT2D eigenvalue weighted by atomic mass is 16.6. The minimum absolute atomic E-state index is 0.0349. The van der Waals surface area contributed by atoms with Crippen LogP contribution in [-0.2, 0) is 14.3 Å². The van der Waals surface area contributed by atoms with Gasteiger partial charge in [-0.1, -0.05) is 0 Å². The average molecular weight is 243 g/mol. The molecule has 5 nitrogen and oxygen atoms in total. The van der Waals surface area contributed by atoms with Crippen molar-refractivity contribution in [2.45, 2.75) is 44.8 Å². The SMILES string of the molecule is COCC(=O)C1(N(C)C(=O)OC(C)(C)C)CC1. The normalized spacial score (nSPS) is 17.5. The molecule has 0 aromatic rings. The Labute approximate surface area is 102 Å². The number of likely N-dealkylation sites (N-methyl/N-ethyl adjacent to an activating group) is 1. The minimum atomic E-state index is -0.696. The Bertz CT molecular complexity index is 315. The maximum absolute atomic E-state index is 11.9. The highest BCUT2D eigenvalue weighted by Gasteiger charge is 2.55. The van der Waals surface area contributed by atoms with Crippen LogP contribution in [-0.4, -0.2) is 48.7 Å². The summed E-state index contributed by atoms with van der Waals surface area (Å²) < 4.78 is 10.1. The first kappa shape index (κ1) is 14.0. The first-order valence-corrected chi connectivity index (χ1v) is 5.72. The average Bonchev–Trinajstić information content (AvgIpc) is 2.95. The Morgan fingerprint density at radius 1 is 1.29 bits per heavy atom. The third-order valence-electron chi connectivity index (χ3n) is 2.83. The smallest absolute Gasteiger partial charge is 0.410 e. The van der Waals surface area contributed by atoms with Crippen LogP contribution in [0.2, 0.25) is 0 Å². The van der Waals surface area contributed by atoms with Crippen molar-refractivity contribution in [3.05, 3.63) is 0 Å². The summed E-state index contributed by atoms with van der Waals surface area (Å²) in [6.45, 7) is 5.44. The lowest BCUT2D eigenvalue weighted by Gasteiger charge is -2.29. The molecule has 0 aromatic carbocycles. The number of carbonyl (C=O) groups excluding carboxylic acids is 2. The molecule has 0 atom stereocenters. The summed E-state index contributed by atoms with van der Waals surface area (Å²) in [7, 11) is 3.08. The molecule has 17 heavy (non-hydrogen) atoms. The van der Waals surface area contributed by atoms with Crippen LogP contribution >= 0.6 is 0 Å². The predicted octanol–water partition coefficient (Wildman–Crippen LogP) is 1.60. The summed E-state index contributed by atoms with van der Waals surface area (Å²) in [5, 5.41) is 0. The van der Waals surface area contributed by atoms with Crippen LogP contribution in [0.15, 0.2) is 0 Å². The van der Waals surface area contributed by atoms with Crippen molar-refractivity contribution in [3.8, 4) is 0 Å². The fourth-order valence-corrected chi connectivity index (χ4v) is 1.69. The summed E-state index contributed by atoms with van der Waals surface area (Å²) in [6.07, 6.45) is 0.912. The molecule has 0 unspecified atom stereocenters. The maximum Gasteiger partial charge on any atom is 0.410 e. The molecule has 0 radical (unpaired) electrons. The molecule has 0 N–H and O–H groups in total. The van der Waals surface area contributed by atoms with E-state index in [1.807, 2.05) is 0 Å². The summed E-state index contributed by atoms with van der Waals surface area (Å²) in [5.74, 6) is -0.0617. The highest BCUT2D eigenvalue weighted by molar-refractivity contribution is 5.95. The molecule has 0 heterocycles. The van der Waals surface area contributed by atoms with Crippen LogP contribution in [0.3, 0.4) is 0 Å². The van der Waals surface area contributed by atoms with E-state index >= 15 is 0 Å². The topological polar surface area (TPSA) is 55.8 Å². The molecular formula is C12H21NO4. The Balaban J connectivity index is 2.66. The van der Waals surface area contributed by atoms with Gasteiger partial charge in [0, 0.05) is 14.2 Å². The van der Waals surface area contributed by atoms with E-state index in [-0.39, 0.29) is 12.4 Å². The number of methoxy groups -OCH3 is 1. The molecule has 0 saturated heterocycles. The van der Waals surface area contributed by atoms with Gasteiger partial charge in [-0.15, -0.1) is 0 Å². The van der Waals surface area contributed by atoms with Crippen molar-refractivity contribution in [3.63, 3.8) is 0 Å². The molecule has 1 rings (SSSR count). The lowest BCUT2D eigenvalue weighted by Crippen LogP contribution is -2.47. The zero-order valence-corrected chi connectivity index (χ0v) is 11.2. The predicted molar refractivity (Wildman–Crippen MR) is 62.8 cm³/mol. The van der Waals surface area contributed by atoms with Gasteiger partial charge in [0.2, 0.25) is 0 Å². The fraction of sp³-hybridized carbons (Fsp3) is 0.833. The standard InChI is InChI=1S/C12H21NO4/c1-11(2,3)17-10(15)13(4)12(6-7-12)9(14)8-16-5/h6-8H2,1-5H3. The van der Waals surface area contributed by atoms with Gasteiger partial charge >= 0.3 is 6.09 Å². The number of Topliss-reactive ketones (excluding diaryl/α,β-unsaturated/α-hetero) is 1. The number of ether oxygens (including phenoxy) is 2. The van der Waals surface area contributed by atoms with E-state index in [0.29, 0.717) is 12.8 Å². The first-order chi connectivity index (χ1) is 7.73. The molecule has 0 spiro atoms. The highest BCUT2D eigenvalue weighted by Crippen LogP contribution is 2.42. The van der Waals surface area contributed by atoms with Gasteiger partial charge in [0.05, 0.1) is 0 Å². The van der Waals surface area contributed by atoms with Crippen molar-refractivity contribution in [2.24, 2.45) is 0 Å². The van der Waals surface area contributed by atoms with Gasteiger partial charge in [0.15, 0.2) is 5.78 Å². The van der Waals surface area contributed by atoms with E-state index in [1.165, 1.54) is 12.0 Å². The van der Waals surface area contributed by atoms with Crippen LogP contribution in [0.4, 0.5) is 4.79 Å². The van der Waals surface area contributed by atoms with Gasteiger partial charge in [0.1, 0.15) is 17.7 Å². The molecule has 0 bridgehead atoms. The molecule has 1 aliphatic carbocycles. The third-order valence-corrected chi connectivity index (χ3v) is 2.83. The number of nitrogens with zero attached hydrogens (tertiary/aromatic N) is 1. The largest absolute Gasteiger partial charge is 0.444 e. The minimum Gasteiger partial charge on any atom is -0.444 e. The first-order valence-electron chi connectivity index (χ1n) is 5.72. The lowest BCUT2D eigenvalue weighted by atomic mass is 10.1. The summed E-state index contributed by atoms with van der Waals surface area (Å²) in [6, 6.07) is 0. The van der Waals surface area contributed by atoms with Gasteiger partial charge < -0.3 is 9.47 Å². The molecule has 1 saturated carbocycles. The Kier molecular flexibility index (Phi) is 3.81. The number of hydrogen-bond acceptors (Lipinski definition) is 4. The second-order valence-corrected chi connectivity index (χ2v) is 5.43. The second-order valence-electron chi connectivity index (χ2n) is 5.43. The number of ketones is 1. The monoisotopic (exact) mass is 243 g/mol. The van der Waals surface area contributed by atoms with E-state index in [1.54, 1.807) is 27.8 Å². The molecule has 1 amide bonds. The Morgan fingerprint density at radius 3 is 2.18 bits per heavy atom. The zero-order chi connectivity index (χ0) is 13.3. The van der Waals surface area contributed by atoms with Gasteiger partial charge in [-0.2, -0.15) is 0 Å². The lowest BCUT2D eigenvalue weighted by molar-refractivity contribution is -0.129. The summed E-state index contributed by atoms with van der Waals surface area (Å²) in [5.41, 5.74) is -1.25. The molecule has 1 fully saturated rings. The molecule has 98 valence electrons. The van der Waals surface area contributed by atoms with E-state index in [9.17, 15) is 9.59 Å². The molecule has 0 aromatic heterocycles. The summed E-state index contributed by atoms with van der Waals surface area (Å²) in [4.78, 5) is 25.1. The van der Waals surface area contributed by atoms with Crippen molar-refractivity contribution in [1.29, 1.82) is 0 Å². The van der Waals surface area contributed by atoms with Crippen molar-refractivity contribution in [1.82, 2.24) is 4.90 Å². The number of carbonyl (C=O) groups is 2. The van der Waals surface area contributed by atoms with Gasteiger partial charge in [-0.3, -0.25) is 9.69 Å². The Hall–Kier alpha value is -1.10. The summed E-state index contributed by atoms with van der Waals surface area (Å²) >= 11 is 0. The van der Waals surface area contributed by atoms with Gasteiger partial charge in [-0.25, -0.2) is 4.79 Å². The van der Waals surface area contributed by atoms with Crippen molar-refractivity contribution < 1.29 is 19.1 Å². The molecule has 5 heteroatoms. The van der Waals surface area contributed by atoms with E-state index in [4.69, 9.17) is 9.47 Å². The van der Waals surface area contributed by atoms with Crippen LogP contribution in [0.1, 0.15) is 33.6 Å². The molecule has 1 aliphatic rings. The van der Waals surface area contributed by atoms with Crippen molar-refractivity contribution >= 4 is 11.9 Å². The third kappa shape index (κ3) is 3.19. The van der Waals surface area contributed by atoms with Gasteiger partial charge in [0.25, 0.3) is 0 Å². The molecular weight excluding hydrogens is 222 g/mol. The van der Waals surface area contributed by atoms with Crippen LogP contribution in [0.5, 0.6) is 0 Å². The number of hydrogen-bond donors (Lipinski definition) is 0. The van der Waals surface area contributed by atoms with Gasteiger partial charge in [-0.05, 0) is 33.6 Å². The molecule has 0 aliphatic heterocycles. The van der Waals surface area contributed by atoms with Crippen LogP contribution < -0.4 is 0 Å². The quantitative estimate of drug-likeness (QED) is 0.752. The van der Waals surface area contributed by atoms with Crippen LogP contribution in [0, 0.1) is 0 Å². The van der Waals surface area contributed by atoms with Crippen LogP contribution in [0.25, 0.3) is 0 Å². The maximum atomic E-state index is 11.9. The van der Waals surface area contributed by atoms with E-state index in [2.05, 4.69) is 0 Å². The van der Waals surface area contributed by atoms with E-state index < -0.39 is 17.2 Å². The van der Waals surface area contributed by atoms with E-state index in [0.717, 1.165) is 0 Å². The Morgan fingerprint density at radius 2 is 1.82 bits per heavy atom. The van der Waals surface area contributed by atoms with Crippen molar-refractivity contribution in [2.75, 3.05) is 20.8 Å².